The van der Waals surface area contributed by atoms with Crippen molar-refractivity contribution in [2.45, 2.75) is 0 Å². The van der Waals surface area contributed by atoms with Gasteiger partial charge in [-0.1, -0.05) is 41.4 Å². The van der Waals surface area contributed by atoms with E-state index in [0.29, 0.717) is 52.9 Å². The number of pyridine rings is 1. The molecule has 2 heterocycles. The van der Waals surface area contributed by atoms with Crippen LogP contribution in [0.25, 0.3) is 10.9 Å². The number of benzene rings is 2. The van der Waals surface area contributed by atoms with Gasteiger partial charge in [-0.2, -0.15) is 0 Å². The predicted molar refractivity (Wildman–Crippen MR) is 117 cm³/mol. The van der Waals surface area contributed by atoms with Crippen LogP contribution in [0.5, 0.6) is 0 Å². The molecule has 154 valence electrons. The topological polar surface area (TPSA) is 62.6 Å². The zero-order valence-electron chi connectivity index (χ0n) is 16.3. The molecule has 2 amide bonds. The summed E-state index contributed by atoms with van der Waals surface area (Å²) in [7, 11) is 1.69. The van der Waals surface area contributed by atoms with Crippen LogP contribution in [0.1, 0.15) is 20.7 Å². The van der Waals surface area contributed by atoms with E-state index in [4.69, 9.17) is 23.2 Å². The number of aromatic nitrogens is 1. The van der Waals surface area contributed by atoms with Crippen LogP contribution in [0.3, 0.4) is 0 Å². The van der Waals surface area contributed by atoms with E-state index in [1.165, 1.54) is 10.6 Å². The maximum atomic E-state index is 13.2. The lowest BCUT2D eigenvalue weighted by Gasteiger charge is -2.35. The summed E-state index contributed by atoms with van der Waals surface area (Å²) in [6.07, 6.45) is 0. The van der Waals surface area contributed by atoms with Crippen LogP contribution in [-0.2, 0) is 7.05 Å². The Bertz CT molecular complexity index is 1190. The molecular weight excluding hydrogens is 425 g/mol. The van der Waals surface area contributed by atoms with Gasteiger partial charge in [0.1, 0.15) is 0 Å². The minimum Gasteiger partial charge on any atom is -0.335 e. The maximum absolute atomic E-state index is 13.2. The first-order valence-corrected chi connectivity index (χ1v) is 10.2. The third kappa shape index (κ3) is 3.80. The van der Waals surface area contributed by atoms with Crippen molar-refractivity contribution in [2.24, 2.45) is 7.05 Å². The molecule has 0 spiro atoms. The predicted octanol–water partition coefficient (Wildman–Crippen LogP) is 3.44. The molecule has 1 fully saturated rings. The molecule has 0 saturated carbocycles. The van der Waals surface area contributed by atoms with Gasteiger partial charge in [0.05, 0.1) is 11.1 Å². The lowest BCUT2D eigenvalue weighted by atomic mass is 10.1. The van der Waals surface area contributed by atoms with Crippen molar-refractivity contribution in [1.29, 1.82) is 0 Å². The Labute approximate surface area is 183 Å². The first-order chi connectivity index (χ1) is 14.3. The number of amides is 2. The first kappa shape index (κ1) is 20.4. The van der Waals surface area contributed by atoms with Crippen LogP contribution in [-0.4, -0.2) is 52.4 Å². The number of aryl methyl sites for hydroxylation is 1. The van der Waals surface area contributed by atoms with Crippen molar-refractivity contribution in [3.05, 3.63) is 80.1 Å². The minimum atomic E-state index is -0.233. The van der Waals surface area contributed by atoms with Gasteiger partial charge in [0.2, 0.25) is 0 Å². The van der Waals surface area contributed by atoms with E-state index in [1.54, 1.807) is 35.0 Å². The van der Waals surface area contributed by atoms with Crippen molar-refractivity contribution >= 4 is 45.9 Å². The van der Waals surface area contributed by atoms with Gasteiger partial charge in [-0.15, -0.1) is 0 Å². The van der Waals surface area contributed by atoms with E-state index in [-0.39, 0.29) is 17.4 Å². The van der Waals surface area contributed by atoms with Crippen LogP contribution >= 0.6 is 23.2 Å². The Kier molecular flexibility index (Phi) is 5.54. The molecule has 0 aliphatic carbocycles. The molecule has 30 heavy (non-hydrogen) atoms. The van der Waals surface area contributed by atoms with E-state index in [2.05, 4.69) is 0 Å². The number of carbonyl (C=O) groups excluding carboxylic acids is 2. The van der Waals surface area contributed by atoms with Crippen LogP contribution in [0.15, 0.2) is 53.3 Å². The van der Waals surface area contributed by atoms with Crippen LogP contribution in [0, 0.1) is 0 Å². The van der Waals surface area contributed by atoms with E-state index in [9.17, 15) is 14.4 Å². The summed E-state index contributed by atoms with van der Waals surface area (Å²) in [4.78, 5) is 41.6. The lowest BCUT2D eigenvalue weighted by molar-refractivity contribution is 0.0536. The molecule has 0 unspecified atom stereocenters. The second-order valence-electron chi connectivity index (χ2n) is 7.21. The van der Waals surface area contributed by atoms with Gasteiger partial charge < -0.3 is 14.4 Å². The van der Waals surface area contributed by atoms with Gasteiger partial charge in [0, 0.05) is 60.3 Å². The van der Waals surface area contributed by atoms with E-state index < -0.39 is 0 Å². The number of hydrogen-bond acceptors (Lipinski definition) is 3. The summed E-state index contributed by atoms with van der Waals surface area (Å²) in [6, 6.07) is 13.5. The quantitative estimate of drug-likeness (QED) is 0.609. The number of rotatable bonds is 2. The molecule has 1 aliphatic rings. The summed E-state index contributed by atoms with van der Waals surface area (Å²) in [5.74, 6) is -0.382. The summed E-state index contributed by atoms with van der Waals surface area (Å²) in [6.45, 7) is 1.53. The third-order valence-corrected chi connectivity index (χ3v) is 5.78. The number of nitrogens with zero attached hydrogens (tertiary/aromatic N) is 3. The van der Waals surface area contributed by atoms with Gasteiger partial charge in [-0.3, -0.25) is 14.4 Å². The lowest BCUT2D eigenvalue weighted by Crippen LogP contribution is -2.50. The second-order valence-corrected chi connectivity index (χ2v) is 8.09. The number of fused-ring (bicyclic) bond motifs is 1. The summed E-state index contributed by atoms with van der Waals surface area (Å²) in [5, 5.41) is 1.53. The normalized spacial score (nSPS) is 14.2. The molecule has 3 aromatic rings. The highest BCUT2D eigenvalue weighted by atomic mass is 35.5. The van der Waals surface area contributed by atoms with Crippen molar-refractivity contribution in [2.75, 3.05) is 26.2 Å². The van der Waals surface area contributed by atoms with Gasteiger partial charge in [-0.05, 0) is 24.3 Å². The van der Waals surface area contributed by atoms with E-state index in [1.807, 2.05) is 24.3 Å². The summed E-state index contributed by atoms with van der Waals surface area (Å²) in [5.41, 5.74) is 1.28. The Morgan fingerprint density at radius 3 is 2.03 bits per heavy atom. The molecule has 0 bridgehead atoms. The molecule has 1 aliphatic heterocycles. The fourth-order valence-electron chi connectivity index (χ4n) is 3.73. The molecule has 2 aromatic carbocycles. The summed E-state index contributed by atoms with van der Waals surface area (Å²) >= 11 is 12.0. The highest BCUT2D eigenvalue weighted by Gasteiger charge is 2.27. The fourth-order valence-corrected chi connectivity index (χ4v) is 4.26. The maximum Gasteiger partial charge on any atom is 0.254 e. The zero-order chi connectivity index (χ0) is 21.4. The highest BCUT2D eigenvalue weighted by molar-refractivity contribution is 6.35. The number of hydrogen-bond donors (Lipinski definition) is 0. The van der Waals surface area contributed by atoms with Gasteiger partial charge >= 0.3 is 0 Å². The second kappa shape index (κ2) is 8.13. The largest absolute Gasteiger partial charge is 0.335 e. The van der Waals surface area contributed by atoms with Gasteiger partial charge in [-0.25, -0.2) is 0 Å². The molecule has 0 radical (unpaired) electrons. The summed E-state index contributed by atoms with van der Waals surface area (Å²) < 4.78 is 1.53. The zero-order valence-corrected chi connectivity index (χ0v) is 17.8. The number of carbonyl (C=O) groups is 2. The first-order valence-electron chi connectivity index (χ1n) is 9.48. The number of piperazine rings is 1. The molecule has 0 atom stereocenters. The average molecular weight is 444 g/mol. The Hall–Kier alpha value is -2.83. The van der Waals surface area contributed by atoms with Crippen molar-refractivity contribution < 1.29 is 9.59 Å². The number of para-hydroxylation sites is 1. The van der Waals surface area contributed by atoms with E-state index in [0.717, 1.165) is 5.39 Å². The monoisotopic (exact) mass is 443 g/mol. The third-order valence-electron chi connectivity index (χ3n) is 5.35. The molecule has 6 nitrogen and oxygen atoms in total. The highest BCUT2D eigenvalue weighted by Crippen LogP contribution is 2.22. The Balaban J connectivity index is 1.53. The van der Waals surface area contributed by atoms with Crippen molar-refractivity contribution in [1.82, 2.24) is 14.4 Å². The van der Waals surface area contributed by atoms with Gasteiger partial charge in [0.15, 0.2) is 0 Å². The molecule has 1 saturated heterocycles. The van der Waals surface area contributed by atoms with E-state index >= 15 is 0 Å². The Morgan fingerprint density at radius 2 is 1.40 bits per heavy atom. The SMILES string of the molecule is Cn1c(=O)cc(C(=O)N2CCN(C(=O)c3cc(Cl)cc(Cl)c3)CC2)c2ccccc21. The molecule has 8 heteroatoms. The smallest absolute Gasteiger partial charge is 0.254 e. The average Bonchev–Trinajstić information content (AvgIpc) is 2.75. The standard InChI is InChI=1S/C22H19Cl2N3O3/c1-25-19-5-3-2-4-17(19)18(13-20(25)28)22(30)27-8-6-26(7-9-27)21(29)14-10-15(23)12-16(24)11-14/h2-5,10-13H,6-9H2,1H3. The van der Waals surface area contributed by atoms with Crippen molar-refractivity contribution in [3.8, 4) is 0 Å². The van der Waals surface area contributed by atoms with Crippen LogP contribution < -0.4 is 5.56 Å². The van der Waals surface area contributed by atoms with Crippen LogP contribution in [0.2, 0.25) is 10.0 Å². The minimum absolute atomic E-state index is 0.175. The van der Waals surface area contributed by atoms with Crippen LogP contribution in [0.4, 0.5) is 0 Å². The molecular formula is C22H19Cl2N3O3. The molecule has 1 aromatic heterocycles. The molecule has 0 N–H and O–H groups in total. The number of halogens is 2. The van der Waals surface area contributed by atoms with Crippen molar-refractivity contribution in [3.63, 3.8) is 0 Å². The molecule has 4 rings (SSSR count). The van der Waals surface area contributed by atoms with Gasteiger partial charge in [0.25, 0.3) is 17.4 Å². The Morgan fingerprint density at radius 1 is 0.833 bits per heavy atom. The fraction of sp³-hybridized carbons (Fsp3) is 0.227.